The lowest BCUT2D eigenvalue weighted by Crippen LogP contribution is -2.32. The smallest absolute Gasteiger partial charge is 0.311 e. The van der Waals surface area contributed by atoms with Crippen molar-refractivity contribution in [1.82, 2.24) is 10.2 Å². The third-order valence-electron chi connectivity index (χ3n) is 4.37. The number of halogens is 1. The van der Waals surface area contributed by atoms with E-state index in [1.54, 1.807) is 19.1 Å². The Morgan fingerprint density at radius 3 is 2.74 bits per heavy atom. The van der Waals surface area contributed by atoms with E-state index in [4.69, 9.17) is 0 Å². The highest BCUT2D eigenvalue weighted by Crippen LogP contribution is 2.34. The highest BCUT2D eigenvalue weighted by atomic mass is 19.1. The van der Waals surface area contributed by atoms with Crippen molar-refractivity contribution in [3.63, 3.8) is 0 Å². The van der Waals surface area contributed by atoms with Crippen LogP contribution in [0.2, 0.25) is 0 Å². The van der Waals surface area contributed by atoms with Gasteiger partial charge in [0, 0.05) is 18.7 Å². The Balaban J connectivity index is 1.88. The van der Waals surface area contributed by atoms with E-state index >= 15 is 0 Å². The number of hydrogen-bond acceptors (Lipinski definition) is 4. The van der Waals surface area contributed by atoms with Gasteiger partial charge in [0.25, 0.3) is 0 Å². The van der Waals surface area contributed by atoms with Crippen LogP contribution in [0.15, 0.2) is 30.3 Å². The van der Waals surface area contributed by atoms with Gasteiger partial charge in [0.1, 0.15) is 5.82 Å². The molecule has 2 aromatic rings. The van der Waals surface area contributed by atoms with Crippen molar-refractivity contribution in [2.24, 2.45) is 5.41 Å². The van der Waals surface area contributed by atoms with E-state index in [0.29, 0.717) is 36.6 Å². The summed E-state index contributed by atoms with van der Waals surface area (Å²) in [6.45, 7) is 4.71. The summed E-state index contributed by atoms with van der Waals surface area (Å²) in [6, 6.07) is 8.07. The van der Waals surface area contributed by atoms with Gasteiger partial charge in [0.2, 0.25) is 0 Å². The summed E-state index contributed by atoms with van der Waals surface area (Å²) in [7, 11) is 0. The molecule has 0 bridgehead atoms. The van der Waals surface area contributed by atoms with E-state index < -0.39 is 11.4 Å². The SMILES string of the molecule is Cc1cc(-c2cccc(F)c2)nnc1N1CCC(C)(C(=O)O)C1. The van der Waals surface area contributed by atoms with Gasteiger partial charge in [-0.1, -0.05) is 12.1 Å². The lowest BCUT2D eigenvalue weighted by atomic mass is 9.90. The van der Waals surface area contributed by atoms with E-state index in [2.05, 4.69) is 10.2 Å². The van der Waals surface area contributed by atoms with Crippen LogP contribution in [0.25, 0.3) is 11.3 Å². The molecule has 23 heavy (non-hydrogen) atoms. The van der Waals surface area contributed by atoms with Gasteiger partial charge in [-0.3, -0.25) is 4.79 Å². The molecule has 1 aromatic heterocycles. The minimum absolute atomic E-state index is 0.317. The molecular formula is C17H18FN3O2. The van der Waals surface area contributed by atoms with Crippen LogP contribution in [0.5, 0.6) is 0 Å². The molecule has 0 radical (unpaired) electrons. The molecule has 1 aliphatic rings. The molecule has 1 saturated heterocycles. The summed E-state index contributed by atoms with van der Waals surface area (Å²) in [5, 5.41) is 17.8. The molecule has 1 fully saturated rings. The first-order valence-corrected chi connectivity index (χ1v) is 7.48. The van der Waals surface area contributed by atoms with Crippen LogP contribution in [-0.4, -0.2) is 34.4 Å². The van der Waals surface area contributed by atoms with Crippen LogP contribution in [0.4, 0.5) is 10.2 Å². The molecule has 0 saturated carbocycles. The van der Waals surface area contributed by atoms with Gasteiger partial charge in [-0.05, 0) is 44.0 Å². The number of carboxylic acid groups (broad SMARTS) is 1. The molecule has 1 N–H and O–H groups in total. The van der Waals surface area contributed by atoms with Crippen LogP contribution in [0, 0.1) is 18.2 Å². The Bertz CT molecular complexity index is 765. The van der Waals surface area contributed by atoms with Gasteiger partial charge in [0.05, 0.1) is 11.1 Å². The van der Waals surface area contributed by atoms with Gasteiger partial charge < -0.3 is 10.0 Å². The molecule has 1 unspecified atom stereocenters. The average Bonchev–Trinajstić information content (AvgIpc) is 2.91. The summed E-state index contributed by atoms with van der Waals surface area (Å²) < 4.78 is 13.3. The van der Waals surface area contributed by atoms with E-state index in [1.165, 1.54) is 12.1 Å². The number of aliphatic carboxylic acids is 1. The summed E-state index contributed by atoms with van der Waals surface area (Å²) in [4.78, 5) is 13.3. The Hall–Kier alpha value is -2.50. The predicted octanol–water partition coefficient (Wildman–Crippen LogP) is 2.89. The molecule has 120 valence electrons. The number of carbonyl (C=O) groups is 1. The Morgan fingerprint density at radius 1 is 1.35 bits per heavy atom. The van der Waals surface area contributed by atoms with Gasteiger partial charge in [-0.2, -0.15) is 0 Å². The van der Waals surface area contributed by atoms with Crippen LogP contribution >= 0.6 is 0 Å². The molecule has 1 aliphatic heterocycles. The van der Waals surface area contributed by atoms with Gasteiger partial charge in [-0.25, -0.2) is 4.39 Å². The highest BCUT2D eigenvalue weighted by Gasteiger charge is 2.41. The van der Waals surface area contributed by atoms with Gasteiger partial charge in [-0.15, -0.1) is 10.2 Å². The molecule has 1 atom stereocenters. The van der Waals surface area contributed by atoms with Crippen molar-refractivity contribution in [3.05, 3.63) is 41.7 Å². The predicted molar refractivity (Wildman–Crippen MR) is 84.7 cm³/mol. The Morgan fingerprint density at radius 2 is 2.13 bits per heavy atom. The first-order chi connectivity index (χ1) is 10.9. The summed E-state index contributed by atoms with van der Waals surface area (Å²) >= 11 is 0. The van der Waals surface area contributed by atoms with E-state index in [0.717, 1.165) is 5.56 Å². The molecular weight excluding hydrogens is 297 g/mol. The van der Waals surface area contributed by atoms with Crippen molar-refractivity contribution in [1.29, 1.82) is 0 Å². The largest absolute Gasteiger partial charge is 0.481 e. The molecule has 6 heteroatoms. The fourth-order valence-electron chi connectivity index (χ4n) is 2.90. The molecule has 0 spiro atoms. The molecule has 5 nitrogen and oxygen atoms in total. The quantitative estimate of drug-likeness (QED) is 0.943. The number of nitrogens with zero attached hydrogens (tertiary/aromatic N) is 3. The second kappa shape index (κ2) is 5.61. The number of benzene rings is 1. The minimum atomic E-state index is -0.790. The molecule has 2 heterocycles. The Labute approximate surface area is 133 Å². The maximum atomic E-state index is 13.3. The normalized spacial score (nSPS) is 20.7. The number of aromatic nitrogens is 2. The monoisotopic (exact) mass is 315 g/mol. The number of hydrogen-bond donors (Lipinski definition) is 1. The second-order valence-corrected chi connectivity index (χ2v) is 6.28. The lowest BCUT2D eigenvalue weighted by molar-refractivity contribution is -0.146. The number of aryl methyl sites for hydroxylation is 1. The third kappa shape index (κ3) is 2.88. The third-order valence-corrected chi connectivity index (χ3v) is 4.37. The highest BCUT2D eigenvalue weighted by molar-refractivity contribution is 5.76. The van der Waals surface area contributed by atoms with Crippen LogP contribution in [0.1, 0.15) is 18.9 Å². The molecule has 0 aliphatic carbocycles. The molecule has 3 rings (SSSR count). The van der Waals surface area contributed by atoms with Gasteiger partial charge >= 0.3 is 5.97 Å². The van der Waals surface area contributed by atoms with Crippen LogP contribution in [0.3, 0.4) is 0 Å². The summed E-state index contributed by atoms with van der Waals surface area (Å²) in [5.74, 6) is -0.417. The van der Waals surface area contributed by atoms with E-state index in [1.807, 2.05) is 17.9 Å². The standard InChI is InChI=1S/C17H18FN3O2/c1-11-8-14(12-4-3-5-13(18)9-12)19-20-15(11)21-7-6-17(2,10-21)16(22)23/h3-5,8-9H,6-7,10H2,1-2H3,(H,22,23). The van der Waals surface area contributed by atoms with Crippen LogP contribution < -0.4 is 4.90 Å². The van der Waals surface area contributed by atoms with Crippen molar-refractivity contribution < 1.29 is 14.3 Å². The average molecular weight is 315 g/mol. The number of anilines is 1. The maximum Gasteiger partial charge on any atom is 0.311 e. The Kier molecular flexibility index (Phi) is 3.75. The zero-order chi connectivity index (χ0) is 16.6. The summed E-state index contributed by atoms with van der Waals surface area (Å²) in [5.41, 5.74) is 1.42. The topological polar surface area (TPSA) is 66.3 Å². The maximum absolute atomic E-state index is 13.3. The fraction of sp³-hybridized carbons (Fsp3) is 0.353. The van der Waals surface area contributed by atoms with E-state index in [9.17, 15) is 14.3 Å². The zero-order valence-corrected chi connectivity index (χ0v) is 13.1. The minimum Gasteiger partial charge on any atom is -0.481 e. The first-order valence-electron chi connectivity index (χ1n) is 7.48. The van der Waals surface area contributed by atoms with Crippen LogP contribution in [-0.2, 0) is 4.79 Å². The van der Waals surface area contributed by atoms with Crippen molar-refractivity contribution in [3.8, 4) is 11.3 Å². The number of rotatable bonds is 3. The van der Waals surface area contributed by atoms with Crippen molar-refractivity contribution in [2.45, 2.75) is 20.3 Å². The first kappa shape index (κ1) is 15.4. The van der Waals surface area contributed by atoms with E-state index in [-0.39, 0.29) is 5.82 Å². The molecule has 0 amide bonds. The van der Waals surface area contributed by atoms with Crippen molar-refractivity contribution in [2.75, 3.05) is 18.0 Å². The fourth-order valence-corrected chi connectivity index (χ4v) is 2.90. The number of carboxylic acids is 1. The summed E-state index contributed by atoms with van der Waals surface area (Å²) in [6.07, 6.45) is 0.578. The lowest BCUT2D eigenvalue weighted by Gasteiger charge is -2.22. The molecule has 1 aromatic carbocycles. The van der Waals surface area contributed by atoms with Gasteiger partial charge in [0.15, 0.2) is 5.82 Å². The van der Waals surface area contributed by atoms with Crippen molar-refractivity contribution >= 4 is 11.8 Å². The zero-order valence-electron chi connectivity index (χ0n) is 13.1. The second-order valence-electron chi connectivity index (χ2n) is 6.28.